The molecule has 0 radical (unpaired) electrons. The van der Waals surface area contributed by atoms with Gasteiger partial charge >= 0.3 is 18.0 Å². The molecule has 3 rings (SSSR count). The number of pyridine rings is 1. The third-order valence-corrected chi connectivity index (χ3v) is 6.68. The van der Waals surface area contributed by atoms with Crippen LogP contribution in [-0.4, -0.2) is 72.7 Å². The van der Waals surface area contributed by atoms with E-state index in [0.717, 1.165) is 11.4 Å². The fourth-order valence-electron chi connectivity index (χ4n) is 3.44. The second kappa shape index (κ2) is 13.4. The number of benzene rings is 1. The maximum absolute atomic E-state index is 14.5. The number of amides is 1. The molecule has 19 heteroatoms. The number of nitrogens with one attached hydrogen (secondary N) is 3. The van der Waals surface area contributed by atoms with Crippen molar-refractivity contribution in [2.24, 2.45) is 5.84 Å². The number of carbonyl (C=O) groups excluding carboxylic acids is 1. The summed E-state index contributed by atoms with van der Waals surface area (Å²) >= 11 is 0.713. The Morgan fingerprint density at radius 3 is 2.55 bits per heavy atom. The van der Waals surface area contributed by atoms with Crippen molar-refractivity contribution in [2.45, 2.75) is 35.4 Å². The highest BCUT2D eigenvalue weighted by atomic mass is 32.2. The number of rotatable bonds is 11. The normalized spacial score (nSPS) is 15.9. The summed E-state index contributed by atoms with van der Waals surface area (Å²) in [6.07, 6.45) is -6.12. The van der Waals surface area contributed by atoms with Gasteiger partial charge in [0.2, 0.25) is 0 Å². The van der Waals surface area contributed by atoms with Crippen LogP contribution in [0.15, 0.2) is 35.4 Å². The van der Waals surface area contributed by atoms with Crippen LogP contribution in [0.1, 0.15) is 22.3 Å². The van der Waals surface area contributed by atoms with Crippen LogP contribution in [0.5, 0.6) is 0 Å². The average Bonchev–Trinajstić information content (AvgIpc) is 3.43. The van der Waals surface area contributed by atoms with E-state index in [0.29, 0.717) is 25.0 Å². The van der Waals surface area contributed by atoms with Crippen molar-refractivity contribution in [3.05, 3.63) is 47.4 Å². The number of thioether (sulfide) groups is 1. The second-order valence-corrected chi connectivity index (χ2v) is 9.66. The lowest BCUT2D eigenvalue weighted by atomic mass is 10.0. The van der Waals surface area contributed by atoms with Gasteiger partial charge in [0.05, 0.1) is 44.2 Å². The number of halogens is 8. The number of nitrogens with two attached hydrogens (primary N) is 1. The van der Waals surface area contributed by atoms with Gasteiger partial charge in [-0.3, -0.25) is 25.5 Å². The molecule has 1 aromatic heterocycles. The molecule has 5 N–H and O–H groups in total. The van der Waals surface area contributed by atoms with E-state index in [9.17, 15) is 39.9 Å². The Kier molecular flexibility index (Phi) is 10.6. The molecule has 1 unspecified atom stereocenters. The second-order valence-electron chi connectivity index (χ2n) is 8.63. The van der Waals surface area contributed by atoms with Gasteiger partial charge in [0.1, 0.15) is 0 Å². The first kappa shape index (κ1) is 33.2. The van der Waals surface area contributed by atoms with E-state index >= 15 is 0 Å². The van der Waals surface area contributed by atoms with Crippen LogP contribution in [-0.2, 0) is 20.2 Å². The maximum atomic E-state index is 14.5. The number of ether oxygens (including phenoxy) is 2. The summed E-state index contributed by atoms with van der Waals surface area (Å²) in [5, 5.41) is 11.0. The Balaban J connectivity index is 1.78. The van der Waals surface area contributed by atoms with Gasteiger partial charge in [-0.1, -0.05) is 11.8 Å². The molecule has 0 saturated carbocycles. The van der Waals surface area contributed by atoms with Gasteiger partial charge < -0.3 is 14.8 Å². The average molecular weight is 633 g/mol. The maximum Gasteiger partial charge on any atom is 0.460 e. The number of aromatic nitrogens is 1. The number of hydrogen-bond acceptors (Lipinski definition) is 9. The van der Waals surface area contributed by atoms with Gasteiger partial charge in [-0.15, -0.1) is 0 Å². The molecule has 0 bridgehead atoms. The lowest BCUT2D eigenvalue weighted by Crippen LogP contribution is -2.50. The molecule has 232 valence electrons. The summed E-state index contributed by atoms with van der Waals surface area (Å²) in [7, 11) is 1.27. The largest absolute Gasteiger partial charge is 0.460 e. The first-order valence-corrected chi connectivity index (χ1v) is 12.6. The zero-order valence-corrected chi connectivity index (χ0v) is 22.4. The highest BCUT2D eigenvalue weighted by Crippen LogP contribution is 2.51. The topological polar surface area (TPSA) is 135 Å². The number of hydrazine groups is 1. The number of hydrogen-bond donors (Lipinski definition) is 4. The van der Waals surface area contributed by atoms with E-state index in [4.69, 9.17) is 25.6 Å². The predicted molar refractivity (Wildman–Crippen MR) is 134 cm³/mol. The molecular weight excluding hydrogens is 608 g/mol. The molecule has 1 atom stereocenters. The lowest BCUT2D eigenvalue weighted by molar-refractivity contribution is -0.359. The summed E-state index contributed by atoms with van der Waals surface area (Å²) in [5.41, 5.74) is 0.372. The minimum Gasteiger partial charge on any atom is -0.379 e. The molecule has 42 heavy (non-hydrogen) atoms. The minimum absolute atomic E-state index is 0.0909. The molecule has 0 aliphatic carbocycles. The molecule has 1 aromatic carbocycles. The van der Waals surface area contributed by atoms with Crippen LogP contribution < -0.4 is 16.6 Å². The van der Waals surface area contributed by atoms with Crippen LogP contribution in [0.3, 0.4) is 0 Å². The van der Waals surface area contributed by atoms with Crippen molar-refractivity contribution in [2.75, 3.05) is 44.3 Å². The highest BCUT2D eigenvalue weighted by molar-refractivity contribution is 8.13. The third-order valence-electron chi connectivity index (χ3n) is 5.67. The third kappa shape index (κ3) is 7.57. The summed E-state index contributed by atoms with van der Waals surface area (Å²) in [6.45, 7) is 1.29. The molecule has 2 heterocycles. The molecule has 1 aliphatic rings. The fourth-order valence-corrected chi connectivity index (χ4v) is 4.25. The first-order valence-electron chi connectivity index (χ1n) is 11.8. The Labute approximate surface area is 237 Å². The Morgan fingerprint density at radius 1 is 1.24 bits per heavy atom. The Morgan fingerprint density at radius 2 is 1.95 bits per heavy atom. The molecule has 1 aliphatic heterocycles. The predicted octanol–water partition coefficient (Wildman–Crippen LogP) is 4.74. The van der Waals surface area contributed by atoms with Crippen LogP contribution in [0.25, 0.3) is 0 Å². The summed E-state index contributed by atoms with van der Waals surface area (Å²) in [4.78, 5) is 21.0. The zero-order chi connectivity index (χ0) is 31.3. The molecular formula is C23H24F8N6O4S. The van der Waals surface area contributed by atoms with E-state index < -0.39 is 41.1 Å². The minimum atomic E-state index is -6.64. The van der Waals surface area contributed by atoms with Crippen molar-refractivity contribution >= 4 is 34.3 Å². The molecule has 1 saturated heterocycles. The molecule has 1 amide bonds. The molecule has 2 aromatic rings. The zero-order valence-electron chi connectivity index (χ0n) is 21.5. The van der Waals surface area contributed by atoms with Gasteiger partial charge in [-0.05, 0) is 30.7 Å². The SMILES string of the molecule is CONc1ccc(SC(=N)N(N)CCOC2CCOC2)c(C(=O)Nc2ncc(C(F)(F)C(F)(F)C(F)(F)F)cc2F)c1. The summed E-state index contributed by atoms with van der Waals surface area (Å²) < 4.78 is 117. The van der Waals surface area contributed by atoms with Crippen molar-refractivity contribution in [3.8, 4) is 0 Å². The first-order chi connectivity index (χ1) is 19.6. The quantitative estimate of drug-likeness (QED) is 0.0692. The molecule has 10 nitrogen and oxygen atoms in total. The highest BCUT2D eigenvalue weighted by Gasteiger charge is 2.73. The summed E-state index contributed by atoms with van der Waals surface area (Å²) in [5.74, 6) is -10.5. The van der Waals surface area contributed by atoms with E-state index in [1.807, 2.05) is 5.32 Å². The van der Waals surface area contributed by atoms with Crippen LogP contribution in [0.4, 0.5) is 46.6 Å². The van der Waals surface area contributed by atoms with Gasteiger partial charge in [0.25, 0.3) is 5.91 Å². The van der Waals surface area contributed by atoms with Crippen molar-refractivity contribution in [1.29, 1.82) is 5.41 Å². The standard InChI is InChI=1S/C23H24F8N6O4S/c1-39-36-13-2-3-17(42-20(32)37(33)5-7-41-14-4-6-40-11-14)15(9-13)19(38)35-18-16(24)8-12(10-34-18)21(25,26)22(27,28)23(29,30)31/h2-3,8-10,14,32,36H,4-7,11,33H2,1H3,(H,34,35,38). The van der Waals surface area contributed by atoms with Gasteiger partial charge in [0.15, 0.2) is 16.8 Å². The fraction of sp³-hybridized carbons (Fsp3) is 0.435. The van der Waals surface area contributed by atoms with Gasteiger partial charge in [-0.2, -0.15) is 30.7 Å². The number of nitrogens with zero attached hydrogens (tertiary/aromatic N) is 2. The van der Waals surface area contributed by atoms with Gasteiger partial charge in [-0.25, -0.2) is 15.2 Å². The smallest absolute Gasteiger partial charge is 0.379 e. The van der Waals surface area contributed by atoms with E-state index in [-0.39, 0.29) is 52.8 Å². The van der Waals surface area contributed by atoms with E-state index in [2.05, 4.69) is 10.5 Å². The van der Waals surface area contributed by atoms with Crippen LogP contribution in [0.2, 0.25) is 0 Å². The summed E-state index contributed by atoms with van der Waals surface area (Å²) in [6, 6.07) is 3.75. The molecule has 1 fully saturated rings. The lowest BCUT2D eigenvalue weighted by Gasteiger charge is -2.28. The number of carbonyl (C=O) groups is 1. The number of anilines is 2. The number of amidine groups is 1. The van der Waals surface area contributed by atoms with Crippen molar-refractivity contribution < 1.29 is 54.2 Å². The van der Waals surface area contributed by atoms with Gasteiger partial charge in [0, 0.05) is 23.3 Å². The van der Waals surface area contributed by atoms with Crippen LogP contribution >= 0.6 is 11.8 Å². The molecule has 0 spiro atoms. The van der Waals surface area contributed by atoms with E-state index in [1.165, 1.54) is 25.3 Å². The Bertz CT molecular complexity index is 1280. The van der Waals surface area contributed by atoms with E-state index in [1.54, 1.807) is 0 Å². The van der Waals surface area contributed by atoms with Crippen LogP contribution in [0, 0.1) is 11.2 Å². The monoisotopic (exact) mass is 632 g/mol. The number of alkyl halides is 7. The Hall–Kier alpha value is -3.26. The van der Waals surface area contributed by atoms with Crippen molar-refractivity contribution in [3.63, 3.8) is 0 Å². The van der Waals surface area contributed by atoms with Crippen molar-refractivity contribution in [1.82, 2.24) is 9.99 Å².